The van der Waals surface area contributed by atoms with Crippen molar-refractivity contribution in [1.29, 1.82) is 0 Å². The number of hydrogen-bond acceptors (Lipinski definition) is 4. The van der Waals surface area contributed by atoms with Crippen molar-refractivity contribution in [2.75, 3.05) is 12.4 Å². The molecule has 1 heterocycles. The molecule has 7 heteroatoms. The van der Waals surface area contributed by atoms with Gasteiger partial charge in [-0.15, -0.1) is 24.8 Å². The Kier molecular flexibility index (Phi) is 8.53. The number of halogens is 2. The maximum Gasteiger partial charge on any atom is 0.227 e. The second kappa shape index (κ2) is 9.00. The van der Waals surface area contributed by atoms with Gasteiger partial charge in [0.15, 0.2) is 0 Å². The van der Waals surface area contributed by atoms with Gasteiger partial charge in [0.1, 0.15) is 11.4 Å². The third-order valence-electron chi connectivity index (χ3n) is 3.34. The standard InChI is InChI=1S/C13H19N3O2.2ClH/c1-18-12-5-6-15-8-11(12)16-13(17)9-3-2-4-10(14)7-9;;/h5-6,8-10H,2-4,7,14H2,1H3,(H,16,17);2*1H. The summed E-state index contributed by atoms with van der Waals surface area (Å²) in [5.41, 5.74) is 6.51. The van der Waals surface area contributed by atoms with E-state index < -0.39 is 0 Å². The van der Waals surface area contributed by atoms with Crippen LogP contribution in [0.1, 0.15) is 25.7 Å². The van der Waals surface area contributed by atoms with Crippen molar-refractivity contribution in [3.63, 3.8) is 0 Å². The molecule has 0 aliphatic heterocycles. The highest BCUT2D eigenvalue weighted by atomic mass is 35.5. The monoisotopic (exact) mass is 321 g/mol. The summed E-state index contributed by atoms with van der Waals surface area (Å²) < 4.78 is 5.18. The van der Waals surface area contributed by atoms with Crippen LogP contribution in [0, 0.1) is 5.92 Å². The van der Waals surface area contributed by atoms with E-state index in [0.29, 0.717) is 11.4 Å². The first kappa shape index (κ1) is 19.0. The van der Waals surface area contributed by atoms with Crippen molar-refractivity contribution in [3.05, 3.63) is 18.5 Å². The summed E-state index contributed by atoms with van der Waals surface area (Å²) in [5, 5.41) is 2.87. The smallest absolute Gasteiger partial charge is 0.227 e. The maximum absolute atomic E-state index is 12.1. The molecule has 1 aromatic rings. The fraction of sp³-hybridized carbons (Fsp3) is 0.538. The first-order valence-electron chi connectivity index (χ1n) is 6.25. The number of carbonyl (C=O) groups excluding carboxylic acids is 1. The van der Waals surface area contributed by atoms with Gasteiger partial charge in [0.05, 0.1) is 13.3 Å². The minimum absolute atomic E-state index is 0. The Morgan fingerprint density at radius 3 is 2.85 bits per heavy atom. The van der Waals surface area contributed by atoms with Crippen molar-refractivity contribution in [3.8, 4) is 5.75 Å². The SMILES string of the molecule is COc1ccncc1NC(=O)C1CCCC(N)C1.Cl.Cl. The molecule has 20 heavy (non-hydrogen) atoms. The number of nitrogens with one attached hydrogen (secondary N) is 1. The number of methoxy groups -OCH3 is 1. The van der Waals surface area contributed by atoms with Gasteiger partial charge in [-0.05, 0) is 19.3 Å². The lowest BCUT2D eigenvalue weighted by Crippen LogP contribution is -2.34. The summed E-state index contributed by atoms with van der Waals surface area (Å²) in [6.07, 6.45) is 6.92. The Bertz CT molecular complexity index is 432. The zero-order chi connectivity index (χ0) is 13.0. The molecule has 0 spiro atoms. The van der Waals surface area contributed by atoms with Crippen LogP contribution < -0.4 is 15.8 Å². The van der Waals surface area contributed by atoms with E-state index in [2.05, 4.69) is 10.3 Å². The number of aromatic nitrogens is 1. The highest BCUT2D eigenvalue weighted by Gasteiger charge is 2.25. The maximum atomic E-state index is 12.1. The number of pyridine rings is 1. The zero-order valence-corrected chi connectivity index (χ0v) is 13.0. The summed E-state index contributed by atoms with van der Waals surface area (Å²) in [7, 11) is 1.57. The van der Waals surface area contributed by atoms with Crippen LogP contribution in [0.4, 0.5) is 5.69 Å². The van der Waals surface area contributed by atoms with E-state index in [1.165, 1.54) is 0 Å². The largest absolute Gasteiger partial charge is 0.494 e. The number of nitrogens with two attached hydrogens (primary N) is 1. The van der Waals surface area contributed by atoms with Crippen molar-refractivity contribution in [1.82, 2.24) is 4.98 Å². The summed E-state index contributed by atoms with van der Waals surface area (Å²) in [6.45, 7) is 0. The van der Waals surface area contributed by atoms with Crippen molar-refractivity contribution < 1.29 is 9.53 Å². The van der Waals surface area contributed by atoms with Gasteiger partial charge in [-0.1, -0.05) is 6.42 Å². The number of rotatable bonds is 3. The molecule has 1 fully saturated rings. The Morgan fingerprint density at radius 2 is 2.20 bits per heavy atom. The number of nitrogens with zero attached hydrogens (tertiary/aromatic N) is 1. The lowest BCUT2D eigenvalue weighted by molar-refractivity contribution is -0.120. The number of amides is 1. The predicted molar refractivity (Wildman–Crippen MR) is 83.8 cm³/mol. The van der Waals surface area contributed by atoms with Crippen LogP contribution in [0.15, 0.2) is 18.5 Å². The minimum atomic E-state index is -0.00124. The lowest BCUT2D eigenvalue weighted by Gasteiger charge is -2.25. The summed E-state index contributed by atoms with van der Waals surface area (Å²) in [4.78, 5) is 16.1. The van der Waals surface area contributed by atoms with Gasteiger partial charge in [0, 0.05) is 24.2 Å². The van der Waals surface area contributed by atoms with Crippen LogP contribution in [0.5, 0.6) is 5.75 Å². The van der Waals surface area contributed by atoms with Gasteiger partial charge >= 0.3 is 0 Å². The molecule has 0 aromatic carbocycles. The molecule has 2 unspecified atom stereocenters. The van der Waals surface area contributed by atoms with E-state index in [9.17, 15) is 4.79 Å². The quantitative estimate of drug-likeness (QED) is 0.896. The Morgan fingerprint density at radius 1 is 1.45 bits per heavy atom. The Hall–Kier alpha value is -1.04. The zero-order valence-electron chi connectivity index (χ0n) is 11.4. The predicted octanol–water partition coefficient (Wildman–Crippen LogP) is 2.39. The molecule has 0 bridgehead atoms. The molecule has 1 aliphatic carbocycles. The molecule has 1 saturated carbocycles. The number of ether oxygens (including phenoxy) is 1. The van der Waals surface area contributed by atoms with Gasteiger partial charge in [-0.2, -0.15) is 0 Å². The van der Waals surface area contributed by atoms with Gasteiger partial charge in [-0.3, -0.25) is 9.78 Å². The Labute approximate surface area is 131 Å². The third-order valence-corrected chi connectivity index (χ3v) is 3.34. The molecule has 0 radical (unpaired) electrons. The Balaban J connectivity index is 0.00000180. The first-order chi connectivity index (χ1) is 8.70. The second-order valence-electron chi connectivity index (χ2n) is 4.69. The summed E-state index contributed by atoms with van der Waals surface area (Å²) >= 11 is 0. The number of carbonyl (C=O) groups is 1. The van der Waals surface area contributed by atoms with Crippen molar-refractivity contribution in [2.24, 2.45) is 11.7 Å². The minimum Gasteiger partial charge on any atom is -0.494 e. The van der Waals surface area contributed by atoms with Gasteiger partial charge < -0.3 is 15.8 Å². The second-order valence-corrected chi connectivity index (χ2v) is 4.69. The lowest BCUT2D eigenvalue weighted by atomic mass is 9.85. The molecule has 1 amide bonds. The number of hydrogen-bond donors (Lipinski definition) is 2. The highest BCUT2D eigenvalue weighted by Crippen LogP contribution is 2.27. The fourth-order valence-electron chi connectivity index (χ4n) is 2.35. The molecule has 1 aromatic heterocycles. The molecule has 1 aliphatic rings. The van der Waals surface area contributed by atoms with Gasteiger partial charge in [-0.25, -0.2) is 0 Å². The van der Waals surface area contributed by atoms with Gasteiger partial charge in [0.2, 0.25) is 5.91 Å². The van der Waals surface area contributed by atoms with Gasteiger partial charge in [0.25, 0.3) is 0 Å². The average molecular weight is 322 g/mol. The van der Waals surface area contributed by atoms with E-state index >= 15 is 0 Å². The molecule has 114 valence electrons. The van der Waals surface area contributed by atoms with E-state index in [1.54, 1.807) is 25.6 Å². The van der Waals surface area contributed by atoms with Crippen LogP contribution in [0.25, 0.3) is 0 Å². The van der Waals surface area contributed by atoms with Crippen molar-refractivity contribution >= 4 is 36.4 Å². The average Bonchev–Trinajstić information content (AvgIpc) is 2.39. The molecular weight excluding hydrogens is 301 g/mol. The molecule has 3 N–H and O–H groups in total. The van der Waals surface area contributed by atoms with Crippen LogP contribution in [-0.4, -0.2) is 24.0 Å². The van der Waals surface area contributed by atoms with E-state index in [1.807, 2.05) is 0 Å². The normalized spacial score (nSPS) is 21.1. The third kappa shape index (κ3) is 4.81. The fourth-order valence-corrected chi connectivity index (χ4v) is 2.35. The topological polar surface area (TPSA) is 77.2 Å². The van der Waals surface area contributed by atoms with E-state index in [-0.39, 0.29) is 42.7 Å². The van der Waals surface area contributed by atoms with E-state index in [0.717, 1.165) is 25.7 Å². The molecule has 2 rings (SSSR count). The number of anilines is 1. The molecular formula is C13H21Cl2N3O2. The highest BCUT2D eigenvalue weighted by molar-refractivity contribution is 5.93. The van der Waals surface area contributed by atoms with E-state index in [4.69, 9.17) is 10.5 Å². The molecule has 5 nitrogen and oxygen atoms in total. The van der Waals surface area contributed by atoms with Crippen LogP contribution in [0.2, 0.25) is 0 Å². The van der Waals surface area contributed by atoms with Crippen LogP contribution in [-0.2, 0) is 4.79 Å². The van der Waals surface area contributed by atoms with Crippen LogP contribution in [0.3, 0.4) is 0 Å². The molecule has 2 atom stereocenters. The first-order valence-corrected chi connectivity index (χ1v) is 6.25. The molecule has 0 saturated heterocycles. The van der Waals surface area contributed by atoms with Crippen molar-refractivity contribution in [2.45, 2.75) is 31.7 Å². The van der Waals surface area contributed by atoms with Crippen LogP contribution >= 0.6 is 24.8 Å². The summed E-state index contributed by atoms with van der Waals surface area (Å²) in [5.74, 6) is 0.633. The summed E-state index contributed by atoms with van der Waals surface area (Å²) in [6, 6.07) is 1.87.